The Morgan fingerprint density at radius 1 is 1.21 bits per heavy atom. The topological polar surface area (TPSA) is 47.7 Å². The van der Waals surface area contributed by atoms with Crippen molar-refractivity contribution in [3.05, 3.63) is 0 Å². The van der Waals surface area contributed by atoms with Crippen LogP contribution in [0, 0.1) is 5.92 Å². The van der Waals surface area contributed by atoms with E-state index in [1.165, 1.54) is 25.7 Å². The summed E-state index contributed by atoms with van der Waals surface area (Å²) in [5, 5.41) is 0. The Bertz CT molecular complexity index is 305. The summed E-state index contributed by atoms with van der Waals surface area (Å²) in [6, 6.07) is 0.580. The fraction of sp³-hybridized carbons (Fsp3) is 1.00. The van der Waals surface area contributed by atoms with Crippen LogP contribution in [0.4, 0.5) is 0 Å². The maximum Gasteiger partial charge on any atom is 0.0731 e. The zero-order valence-electron chi connectivity index (χ0n) is 12.1. The summed E-state index contributed by atoms with van der Waals surface area (Å²) >= 11 is 0. The van der Waals surface area contributed by atoms with Crippen molar-refractivity contribution in [1.82, 2.24) is 4.90 Å². The van der Waals surface area contributed by atoms with E-state index in [1.807, 2.05) is 0 Å². The van der Waals surface area contributed by atoms with Crippen molar-refractivity contribution in [3.8, 4) is 0 Å². The minimum Gasteiger partial charge on any atom is -0.381 e. The van der Waals surface area contributed by atoms with Crippen LogP contribution in [-0.4, -0.2) is 55.5 Å². The average molecular weight is 268 g/mol. The van der Waals surface area contributed by atoms with Crippen molar-refractivity contribution in [1.29, 1.82) is 0 Å². The van der Waals surface area contributed by atoms with Crippen LogP contribution in [-0.2, 0) is 9.47 Å². The van der Waals surface area contributed by atoms with Crippen LogP contribution >= 0.6 is 0 Å². The van der Waals surface area contributed by atoms with Crippen molar-refractivity contribution >= 4 is 0 Å². The Balaban J connectivity index is 1.80. The van der Waals surface area contributed by atoms with Crippen molar-refractivity contribution in [2.45, 2.75) is 56.7 Å². The smallest absolute Gasteiger partial charge is 0.0731 e. The first-order chi connectivity index (χ1) is 9.25. The molecule has 1 aliphatic carbocycles. The van der Waals surface area contributed by atoms with Gasteiger partial charge < -0.3 is 15.2 Å². The van der Waals surface area contributed by atoms with E-state index < -0.39 is 0 Å². The lowest BCUT2D eigenvalue weighted by molar-refractivity contribution is -0.133. The van der Waals surface area contributed by atoms with Gasteiger partial charge in [0.1, 0.15) is 0 Å². The van der Waals surface area contributed by atoms with Crippen molar-refractivity contribution in [2.75, 3.05) is 32.9 Å². The van der Waals surface area contributed by atoms with Crippen LogP contribution in [0.25, 0.3) is 0 Å². The van der Waals surface area contributed by atoms with Crippen molar-refractivity contribution in [2.24, 2.45) is 11.7 Å². The van der Waals surface area contributed by atoms with Gasteiger partial charge >= 0.3 is 0 Å². The quantitative estimate of drug-likeness (QED) is 0.840. The highest BCUT2D eigenvalue weighted by Gasteiger charge is 2.47. The second-order valence-electron chi connectivity index (χ2n) is 6.58. The summed E-state index contributed by atoms with van der Waals surface area (Å²) in [5.41, 5.74) is 6.29. The van der Waals surface area contributed by atoms with E-state index in [0.717, 1.165) is 39.3 Å². The van der Waals surface area contributed by atoms with Gasteiger partial charge in [0.15, 0.2) is 0 Å². The monoisotopic (exact) mass is 268 g/mol. The maximum atomic E-state index is 6.20. The van der Waals surface area contributed by atoms with Crippen molar-refractivity contribution in [3.63, 3.8) is 0 Å². The Morgan fingerprint density at radius 2 is 2.05 bits per heavy atom. The molecule has 4 nitrogen and oxygen atoms in total. The molecule has 4 atom stereocenters. The number of morpholine rings is 1. The van der Waals surface area contributed by atoms with Crippen molar-refractivity contribution < 1.29 is 9.47 Å². The molecule has 0 aromatic heterocycles. The van der Waals surface area contributed by atoms with E-state index in [0.29, 0.717) is 18.1 Å². The Hall–Kier alpha value is -0.160. The third-order valence-electron chi connectivity index (χ3n) is 5.61. The summed E-state index contributed by atoms with van der Waals surface area (Å²) in [6.45, 7) is 6.75. The minimum atomic E-state index is 0.0839. The molecule has 2 N–H and O–H groups in total. The molecule has 0 aromatic carbocycles. The number of nitrogens with zero attached hydrogens (tertiary/aromatic N) is 1. The second kappa shape index (κ2) is 5.68. The third-order valence-corrected chi connectivity index (χ3v) is 5.61. The van der Waals surface area contributed by atoms with Gasteiger partial charge in [0, 0.05) is 37.2 Å². The van der Waals surface area contributed by atoms with Gasteiger partial charge in [-0.2, -0.15) is 0 Å². The van der Waals surface area contributed by atoms with Crippen LogP contribution in [0.2, 0.25) is 0 Å². The first-order valence-electron chi connectivity index (χ1n) is 7.92. The van der Waals surface area contributed by atoms with Crippen LogP contribution < -0.4 is 5.73 Å². The normalized spacial score (nSPS) is 39.8. The molecule has 0 amide bonds. The van der Waals surface area contributed by atoms with E-state index in [2.05, 4.69) is 11.8 Å². The lowest BCUT2D eigenvalue weighted by Gasteiger charge is -2.54. The fourth-order valence-electron chi connectivity index (χ4n) is 4.27. The minimum absolute atomic E-state index is 0.0839. The fourth-order valence-corrected chi connectivity index (χ4v) is 4.27. The molecule has 4 unspecified atom stereocenters. The molecule has 19 heavy (non-hydrogen) atoms. The van der Waals surface area contributed by atoms with Crippen LogP contribution in [0.15, 0.2) is 0 Å². The molecule has 3 fully saturated rings. The molecule has 4 heteroatoms. The number of fused-ring (bicyclic) bond motifs is 1. The standard InChI is InChI=1S/C15H28N2O2/c1-15(11-16,12-6-8-18-10-12)17-7-9-19-14-5-3-2-4-13(14)17/h12-14H,2-11,16H2,1H3. The predicted molar refractivity (Wildman–Crippen MR) is 75.1 cm³/mol. The number of rotatable bonds is 3. The zero-order chi connectivity index (χ0) is 13.3. The molecule has 1 saturated carbocycles. The molecular weight excluding hydrogens is 240 g/mol. The molecule has 3 aliphatic rings. The van der Waals surface area contributed by atoms with E-state index in [9.17, 15) is 0 Å². The summed E-state index contributed by atoms with van der Waals surface area (Å²) in [5.74, 6) is 0.582. The molecule has 0 aromatic rings. The predicted octanol–water partition coefficient (Wildman–Crippen LogP) is 1.38. The summed E-state index contributed by atoms with van der Waals surface area (Å²) < 4.78 is 11.6. The molecular formula is C15H28N2O2. The first kappa shape index (κ1) is 13.8. The van der Waals surface area contributed by atoms with Gasteiger partial charge in [-0.25, -0.2) is 0 Å². The van der Waals surface area contributed by atoms with Crippen LogP contribution in [0.1, 0.15) is 39.0 Å². The molecule has 0 radical (unpaired) electrons. The van der Waals surface area contributed by atoms with Crippen LogP contribution in [0.5, 0.6) is 0 Å². The Labute approximate surface area is 116 Å². The molecule has 2 aliphatic heterocycles. The molecule has 3 rings (SSSR count). The lowest BCUT2D eigenvalue weighted by Crippen LogP contribution is -2.66. The summed E-state index contributed by atoms with van der Waals surface area (Å²) in [7, 11) is 0. The Kier molecular flexibility index (Phi) is 4.13. The van der Waals surface area contributed by atoms with E-state index >= 15 is 0 Å². The van der Waals surface area contributed by atoms with E-state index in [-0.39, 0.29) is 5.54 Å². The SMILES string of the molecule is CC(CN)(C1CCOC1)N1CCOC2CCCCC21. The number of hydrogen-bond donors (Lipinski definition) is 1. The molecule has 110 valence electrons. The second-order valence-corrected chi connectivity index (χ2v) is 6.58. The van der Waals surface area contributed by atoms with Gasteiger partial charge in [0.05, 0.1) is 19.3 Å². The van der Waals surface area contributed by atoms with Gasteiger partial charge in [-0.15, -0.1) is 0 Å². The largest absolute Gasteiger partial charge is 0.381 e. The van der Waals surface area contributed by atoms with Gasteiger partial charge in [0.2, 0.25) is 0 Å². The zero-order valence-corrected chi connectivity index (χ0v) is 12.1. The summed E-state index contributed by atoms with van der Waals surface area (Å²) in [6.07, 6.45) is 6.75. The number of nitrogens with two attached hydrogens (primary N) is 1. The molecule has 2 heterocycles. The van der Waals surface area contributed by atoms with E-state index in [4.69, 9.17) is 15.2 Å². The third kappa shape index (κ3) is 2.44. The maximum absolute atomic E-state index is 6.20. The van der Waals surface area contributed by atoms with Gasteiger partial charge in [-0.3, -0.25) is 4.90 Å². The van der Waals surface area contributed by atoms with Crippen LogP contribution in [0.3, 0.4) is 0 Å². The lowest BCUT2D eigenvalue weighted by atomic mass is 9.79. The van der Waals surface area contributed by atoms with E-state index in [1.54, 1.807) is 0 Å². The highest BCUT2D eigenvalue weighted by atomic mass is 16.5. The Morgan fingerprint density at radius 3 is 2.79 bits per heavy atom. The summed E-state index contributed by atoms with van der Waals surface area (Å²) in [4.78, 5) is 2.68. The highest BCUT2D eigenvalue weighted by Crippen LogP contribution is 2.38. The highest BCUT2D eigenvalue weighted by molar-refractivity contribution is 5.01. The van der Waals surface area contributed by atoms with Gasteiger partial charge in [0.25, 0.3) is 0 Å². The first-order valence-corrected chi connectivity index (χ1v) is 7.92. The van der Waals surface area contributed by atoms with Gasteiger partial charge in [-0.1, -0.05) is 12.8 Å². The molecule has 2 saturated heterocycles. The molecule has 0 spiro atoms. The number of ether oxygens (including phenoxy) is 2. The average Bonchev–Trinajstić information content (AvgIpc) is 3.00. The van der Waals surface area contributed by atoms with Gasteiger partial charge in [-0.05, 0) is 26.2 Å². The number of hydrogen-bond acceptors (Lipinski definition) is 4. The molecule has 0 bridgehead atoms.